The van der Waals surface area contributed by atoms with E-state index in [1.54, 1.807) is 25.3 Å². The molecule has 1 aromatic heterocycles. The van der Waals surface area contributed by atoms with Gasteiger partial charge in [-0.05, 0) is 39.2 Å². The van der Waals surface area contributed by atoms with Crippen LogP contribution in [0.4, 0.5) is 11.6 Å². The first-order chi connectivity index (χ1) is 11.5. The van der Waals surface area contributed by atoms with Gasteiger partial charge in [-0.3, -0.25) is 4.79 Å². The number of anilines is 2. The van der Waals surface area contributed by atoms with Gasteiger partial charge in [0, 0.05) is 30.5 Å². The molecule has 0 fully saturated rings. The lowest BCUT2D eigenvalue weighted by Crippen LogP contribution is -2.22. The van der Waals surface area contributed by atoms with Gasteiger partial charge in [0.15, 0.2) is 0 Å². The van der Waals surface area contributed by atoms with E-state index >= 15 is 0 Å². The summed E-state index contributed by atoms with van der Waals surface area (Å²) in [6.45, 7) is 3.39. The average Bonchev–Trinajstić information content (AvgIpc) is 2.54. The molecule has 0 aliphatic heterocycles. The van der Waals surface area contributed by atoms with Crippen LogP contribution in [0.1, 0.15) is 16.2 Å². The van der Waals surface area contributed by atoms with E-state index in [-0.39, 0.29) is 5.91 Å². The van der Waals surface area contributed by atoms with Crippen LogP contribution in [0, 0.1) is 6.92 Å². The summed E-state index contributed by atoms with van der Waals surface area (Å²) in [5.74, 6) is 0.842. The van der Waals surface area contributed by atoms with E-state index in [0.29, 0.717) is 29.6 Å². The topological polar surface area (TPSA) is 79.4 Å². The molecular formula is C17H23N5O2. The van der Waals surface area contributed by atoms with Crippen molar-refractivity contribution in [2.45, 2.75) is 6.92 Å². The van der Waals surface area contributed by atoms with Gasteiger partial charge >= 0.3 is 0 Å². The molecule has 0 atom stereocenters. The number of carbonyl (C=O) groups excluding carboxylic acids is 1. The van der Waals surface area contributed by atoms with Crippen molar-refractivity contribution in [3.05, 3.63) is 41.7 Å². The number of likely N-dealkylation sites (N-methyl/N-ethyl adjacent to an activating group) is 1. The van der Waals surface area contributed by atoms with Crippen molar-refractivity contribution in [2.24, 2.45) is 0 Å². The highest BCUT2D eigenvalue weighted by atomic mass is 16.5. The van der Waals surface area contributed by atoms with Crippen molar-refractivity contribution in [3.63, 3.8) is 0 Å². The Kier molecular flexibility index (Phi) is 6.08. The fraction of sp³-hybridized carbons (Fsp3) is 0.353. The molecule has 128 valence electrons. The molecule has 0 aliphatic carbocycles. The number of benzene rings is 1. The molecule has 24 heavy (non-hydrogen) atoms. The molecular weight excluding hydrogens is 306 g/mol. The summed E-state index contributed by atoms with van der Waals surface area (Å²) in [4.78, 5) is 23.1. The molecule has 7 nitrogen and oxygen atoms in total. The van der Waals surface area contributed by atoms with Gasteiger partial charge in [0.1, 0.15) is 11.4 Å². The third kappa shape index (κ3) is 5.20. The molecule has 0 aliphatic rings. The van der Waals surface area contributed by atoms with Gasteiger partial charge in [-0.25, -0.2) is 9.97 Å². The van der Waals surface area contributed by atoms with Gasteiger partial charge in [-0.2, -0.15) is 0 Å². The van der Waals surface area contributed by atoms with E-state index < -0.39 is 0 Å². The van der Waals surface area contributed by atoms with Crippen LogP contribution in [0.3, 0.4) is 0 Å². The van der Waals surface area contributed by atoms with E-state index in [4.69, 9.17) is 4.74 Å². The summed E-state index contributed by atoms with van der Waals surface area (Å²) in [5, 5.41) is 5.95. The number of amides is 1. The zero-order valence-electron chi connectivity index (χ0n) is 14.5. The van der Waals surface area contributed by atoms with E-state index in [0.717, 1.165) is 12.2 Å². The molecule has 0 saturated carbocycles. The zero-order chi connectivity index (χ0) is 17.5. The lowest BCUT2D eigenvalue weighted by Gasteiger charge is -2.12. The molecule has 2 aromatic rings. The second-order valence-electron chi connectivity index (χ2n) is 5.63. The van der Waals surface area contributed by atoms with E-state index in [1.807, 2.05) is 33.2 Å². The van der Waals surface area contributed by atoms with Crippen LogP contribution in [0.25, 0.3) is 0 Å². The Morgan fingerprint density at radius 3 is 2.75 bits per heavy atom. The minimum Gasteiger partial charge on any atom is -0.497 e. The van der Waals surface area contributed by atoms with Crippen LogP contribution < -0.4 is 15.4 Å². The Morgan fingerprint density at radius 2 is 2.04 bits per heavy atom. The smallest absolute Gasteiger partial charge is 0.274 e. The molecule has 0 unspecified atom stereocenters. The number of carbonyl (C=O) groups is 1. The molecule has 0 radical (unpaired) electrons. The largest absolute Gasteiger partial charge is 0.497 e. The van der Waals surface area contributed by atoms with Gasteiger partial charge in [0.2, 0.25) is 5.95 Å². The van der Waals surface area contributed by atoms with Gasteiger partial charge in [0.25, 0.3) is 5.91 Å². The minimum atomic E-state index is -0.288. The highest BCUT2D eigenvalue weighted by Crippen LogP contribution is 2.17. The van der Waals surface area contributed by atoms with E-state index in [2.05, 4.69) is 25.5 Å². The molecule has 1 heterocycles. The maximum atomic E-state index is 12.4. The van der Waals surface area contributed by atoms with Crippen molar-refractivity contribution >= 4 is 17.5 Å². The van der Waals surface area contributed by atoms with Crippen LogP contribution in [0.5, 0.6) is 5.75 Å². The molecule has 2 N–H and O–H groups in total. The number of hydrogen-bond acceptors (Lipinski definition) is 6. The second kappa shape index (κ2) is 8.26. The minimum absolute atomic E-state index is 0.288. The number of ether oxygens (including phenoxy) is 1. The summed E-state index contributed by atoms with van der Waals surface area (Å²) >= 11 is 0. The predicted molar refractivity (Wildman–Crippen MR) is 94.8 cm³/mol. The SMILES string of the molecule is COc1cccc(NC(=O)c2cc(C)nc(NCCN(C)C)n2)c1. The fourth-order valence-corrected chi connectivity index (χ4v) is 2.05. The molecule has 0 spiro atoms. The predicted octanol–water partition coefficient (Wildman–Crippen LogP) is 2.02. The summed E-state index contributed by atoms with van der Waals surface area (Å²) in [7, 11) is 5.57. The van der Waals surface area contributed by atoms with Crippen molar-refractivity contribution < 1.29 is 9.53 Å². The Morgan fingerprint density at radius 1 is 1.25 bits per heavy atom. The number of methoxy groups -OCH3 is 1. The monoisotopic (exact) mass is 329 g/mol. The zero-order valence-corrected chi connectivity index (χ0v) is 14.5. The third-order valence-electron chi connectivity index (χ3n) is 3.26. The van der Waals surface area contributed by atoms with Crippen molar-refractivity contribution in [3.8, 4) is 5.75 Å². The van der Waals surface area contributed by atoms with Crippen LogP contribution in [0.2, 0.25) is 0 Å². The summed E-state index contributed by atoms with van der Waals surface area (Å²) in [5.41, 5.74) is 1.70. The van der Waals surface area contributed by atoms with Crippen LogP contribution in [-0.2, 0) is 0 Å². The van der Waals surface area contributed by atoms with Gasteiger partial charge in [0.05, 0.1) is 7.11 Å². The highest BCUT2D eigenvalue weighted by Gasteiger charge is 2.11. The fourth-order valence-electron chi connectivity index (χ4n) is 2.05. The van der Waals surface area contributed by atoms with Crippen LogP contribution in [0.15, 0.2) is 30.3 Å². The quantitative estimate of drug-likeness (QED) is 0.809. The van der Waals surface area contributed by atoms with Crippen molar-refractivity contribution in [1.82, 2.24) is 14.9 Å². The Balaban J connectivity index is 2.09. The average molecular weight is 329 g/mol. The van der Waals surface area contributed by atoms with Gasteiger partial charge < -0.3 is 20.3 Å². The molecule has 0 bridgehead atoms. The highest BCUT2D eigenvalue weighted by molar-refractivity contribution is 6.03. The van der Waals surface area contributed by atoms with Crippen molar-refractivity contribution in [2.75, 3.05) is 44.9 Å². The van der Waals surface area contributed by atoms with E-state index in [9.17, 15) is 4.79 Å². The van der Waals surface area contributed by atoms with Gasteiger partial charge in [-0.15, -0.1) is 0 Å². The first kappa shape index (κ1) is 17.7. The maximum Gasteiger partial charge on any atom is 0.274 e. The molecule has 1 aromatic carbocycles. The lowest BCUT2D eigenvalue weighted by molar-refractivity contribution is 0.102. The molecule has 0 saturated heterocycles. The standard InChI is InChI=1S/C17H23N5O2/c1-12-10-15(21-17(19-12)18-8-9-22(2)3)16(23)20-13-6-5-7-14(11-13)24-4/h5-7,10-11H,8-9H2,1-4H3,(H,20,23)(H,18,19,21). The maximum absolute atomic E-state index is 12.4. The van der Waals surface area contributed by atoms with Crippen LogP contribution in [-0.4, -0.2) is 55.1 Å². The number of hydrogen-bond donors (Lipinski definition) is 2. The molecule has 1 amide bonds. The molecule has 2 rings (SSSR count). The number of nitrogens with zero attached hydrogens (tertiary/aromatic N) is 3. The first-order valence-corrected chi connectivity index (χ1v) is 7.67. The Bertz CT molecular complexity index is 703. The summed E-state index contributed by atoms with van der Waals surface area (Å²) < 4.78 is 5.15. The van der Waals surface area contributed by atoms with Gasteiger partial charge in [-0.1, -0.05) is 6.07 Å². The normalized spacial score (nSPS) is 10.5. The van der Waals surface area contributed by atoms with Crippen LogP contribution >= 0.6 is 0 Å². The first-order valence-electron chi connectivity index (χ1n) is 7.67. The lowest BCUT2D eigenvalue weighted by atomic mass is 10.2. The Hall–Kier alpha value is -2.67. The number of rotatable bonds is 7. The second-order valence-corrected chi connectivity index (χ2v) is 5.63. The summed E-state index contributed by atoms with van der Waals surface area (Å²) in [6.07, 6.45) is 0. The number of nitrogens with one attached hydrogen (secondary N) is 2. The third-order valence-corrected chi connectivity index (χ3v) is 3.26. The number of aromatic nitrogens is 2. The molecule has 7 heteroatoms. The number of aryl methyl sites for hydroxylation is 1. The summed E-state index contributed by atoms with van der Waals surface area (Å²) in [6, 6.07) is 8.84. The van der Waals surface area contributed by atoms with Crippen molar-refractivity contribution in [1.29, 1.82) is 0 Å². The van der Waals surface area contributed by atoms with E-state index in [1.165, 1.54) is 0 Å². The Labute approximate surface area is 142 Å².